The second kappa shape index (κ2) is 10.1. The van der Waals surface area contributed by atoms with Gasteiger partial charge in [0.05, 0.1) is 22.6 Å². The number of ketones is 1. The van der Waals surface area contributed by atoms with Crippen LogP contribution in [-0.2, 0) is 0 Å². The number of amides is 1. The zero-order chi connectivity index (χ0) is 28.0. The van der Waals surface area contributed by atoms with E-state index in [1.54, 1.807) is 7.05 Å². The van der Waals surface area contributed by atoms with Crippen molar-refractivity contribution in [2.75, 3.05) is 34.2 Å². The van der Waals surface area contributed by atoms with Crippen molar-refractivity contribution in [2.45, 2.75) is 38.0 Å². The van der Waals surface area contributed by atoms with E-state index in [4.69, 9.17) is 9.84 Å². The van der Waals surface area contributed by atoms with Gasteiger partial charge in [0.2, 0.25) is 0 Å². The lowest BCUT2D eigenvalue weighted by atomic mass is 9.82. The molecule has 208 valence electrons. The van der Waals surface area contributed by atoms with Crippen LogP contribution >= 0.6 is 11.3 Å². The fourth-order valence-corrected chi connectivity index (χ4v) is 6.83. The van der Waals surface area contributed by atoms with Gasteiger partial charge in [0.25, 0.3) is 5.91 Å². The second-order valence-corrected chi connectivity index (χ2v) is 11.7. The average Bonchev–Trinajstić information content (AvgIpc) is 3.52. The molecule has 1 fully saturated rings. The van der Waals surface area contributed by atoms with Gasteiger partial charge < -0.3 is 25.3 Å². The van der Waals surface area contributed by atoms with Crippen molar-refractivity contribution in [1.82, 2.24) is 30.3 Å². The summed E-state index contributed by atoms with van der Waals surface area (Å²) >= 11 is 1.48. The van der Waals surface area contributed by atoms with Crippen molar-refractivity contribution in [2.24, 2.45) is 5.10 Å². The van der Waals surface area contributed by atoms with Gasteiger partial charge in [-0.25, -0.2) is 4.68 Å². The number of aromatic nitrogens is 2. The lowest BCUT2D eigenvalue weighted by Gasteiger charge is -2.44. The van der Waals surface area contributed by atoms with Crippen molar-refractivity contribution < 1.29 is 14.3 Å². The summed E-state index contributed by atoms with van der Waals surface area (Å²) in [7, 11) is 5.57. The normalized spacial score (nSPS) is 19.9. The van der Waals surface area contributed by atoms with Gasteiger partial charge in [-0.3, -0.25) is 9.59 Å². The number of amidine groups is 1. The van der Waals surface area contributed by atoms with Crippen LogP contribution in [0.3, 0.4) is 0 Å². The highest BCUT2D eigenvalue weighted by Gasteiger charge is 2.44. The number of likely N-dealkylation sites (tertiary alicyclic amines) is 1. The molecule has 1 unspecified atom stereocenters. The van der Waals surface area contributed by atoms with E-state index in [-0.39, 0.29) is 17.9 Å². The van der Waals surface area contributed by atoms with Gasteiger partial charge in [0, 0.05) is 58.0 Å². The zero-order valence-corrected chi connectivity index (χ0v) is 23.9. The molecule has 5 heterocycles. The number of Topliss-reactive ketones (excluding diaryl/α,β-unsaturated/α-hetero) is 1. The summed E-state index contributed by atoms with van der Waals surface area (Å²) in [6, 6.07) is 7.62. The summed E-state index contributed by atoms with van der Waals surface area (Å²) in [5.74, 6) is 1.42. The maximum absolute atomic E-state index is 13.5. The molecule has 6 rings (SSSR count). The molecular formula is C29H33N7O3S. The number of dihydropyridines is 1. The maximum Gasteiger partial charge on any atom is 0.264 e. The van der Waals surface area contributed by atoms with E-state index in [1.807, 2.05) is 84.2 Å². The largest absolute Gasteiger partial charge is 0.486 e. The topological polar surface area (TPSA) is 104 Å². The number of benzene rings is 1. The monoisotopic (exact) mass is 559 g/mol. The molecule has 2 aromatic heterocycles. The highest BCUT2D eigenvalue weighted by Crippen LogP contribution is 2.40. The van der Waals surface area contributed by atoms with Crippen LogP contribution in [0.4, 0.5) is 0 Å². The third-order valence-corrected chi connectivity index (χ3v) is 8.87. The number of carbonyl (C=O) groups is 2. The third kappa shape index (κ3) is 4.53. The number of hydrogen-bond donors (Lipinski definition) is 2. The molecule has 3 aliphatic rings. The highest BCUT2D eigenvalue weighted by molar-refractivity contribution is 7.20. The van der Waals surface area contributed by atoms with Gasteiger partial charge in [0.1, 0.15) is 22.3 Å². The SMILES string of the molecule is CN/N=C(/c1ccc2c(c1)C(=O)CC1(CCN(C(=O)c3cc4c(C)nn(C5C=CC=CN5)c4s3)CC1)O2)N(C)C. The lowest BCUT2D eigenvalue weighted by molar-refractivity contribution is -0.00559. The van der Waals surface area contributed by atoms with Crippen LogP contribution < -0.4 is 15.5 Å². The predicted molar refractivity (Wildman–Crippen MR) is 156 cm³/mol. The standard InChI is InChI=1S/C29H33N7O3S/c1-18-20-16-24(40-28(20)36(33-18)25-7-5-6-12-31-25)27(38)35-13-10-29(11-14-35)17-22(37)21-15-19(8-9-23(21)39-29)26(32-30-2)34(3)4/h5-9,12,15-16,25,30-31H,10-11,13-14,17H2,1-4H3/b32-26-. The van der Waals surface area contributed by atoms with Crippen molar-refractivity contribution in [3.05, 3.63) is 70.4 Å². The molecule has 11 heteroatoms. The Morgan fingerprint density at radius 2 is 2.05 bits per heavy atom. The quantitative estimate of drug-likeness (QED) is 0.286. The van der Waals surface area contributed by atoms with Gasteiger partial charge in [-0.1, -0.05) is 6.08 Å². The maximum atomic E-state index is 13.5. The number of rotatable bonds is 4. The van der Waals surface area contributed by atoms with Gasteiger partial charge in [-0.15, -0.1) is 11.3 Å². The number of nitrogens with zero attached hydrogens (tertiary/aromatic N) is 5. The Kier molecular flexibility index (Phi) is 6.61. The van der Waals surface area contributed by atoms with E-state index >= 15 is 0 Å². The summed E-state index contributed by atoms with van der Waals surface area (Å²) in [6.45, 7) is 3.05. The smallest absolute Gasteiger partial charge is 0.264 e. The number of aryl methyl sites for hydroxylation is 1. The summed E-state index contributed by atoms with van der Waals surface area (Å²) in [5, 5.41) is 13.3. The van der Waals surface area contributed by atoms with Crippen LogP contribution in [0, 0.1) is 6.92 Å². The first-order chi connectivity index (χ1) is 19.3. The molecule has 1 amide bonds. The van der Waals surface area contributed by atoms with E-state index < -0.39 is 5.60 Å². The molecule has 3 aromatic rings. The van der Waals surface area contributed by atoms with Gasteiger partial charge >= 0.3 is 0 Å². The minimum absolute atomic E-state index is 0.0151. The number of nitrogens with one attached hydrogen (secondary N) is 2. The lowest BCUT2D eigenvalue weighted by Crippen LogP contribution is -2.52. The number of fused-ring (bicyclic) bond motifs is 2. The number of piperidine rings is 1. The van der Waals surface area contributed by atoms with Crippen LogP contribution in [0.15, 0.2) is 53.8 Å². The van der Waals surface area contributed by atoms with Crippen LogP contribution in [0.2, 0.25) is 0 Å². The van der Waals surface area contributed by atoms with Crippen LogP contribution in [-0.4, -0.2) is 76.9 Å². The number of carbonyl (C=O) groups excluding carboxylic acids is 2. The summed E-state index contributed by atoms with van der Waals surface area (Å²) in [4.78, 5) is 32.3. The Hall–Kier alpha value is -4.12. The number of hydrazone groups is 1. The van der Waals surface area contributed by atoms with Crippen LogP contribution in [0.25, 0.3) is 10.2 Å². The highest BCUT2D eigenvalue weighted by atomic mass is 32.1. The second-order valence-electron chi connectivity index (χ2n) is 10.7. The Morgan fingerprint density at radius 1 is 1.25 bits per heavy atom. The Bertz CT molecular complexity index is 1570. The average molecular weight is 560 g/mol. The molecule has 1 atom stereocenters. The minimum Gasteiger partial charge on any atom is -0.486 e. The molecule has 1 aromatic carbocycles. The molecule has 3 aliphatic heterocycles. The third-order valence-electron chi connectivity index (χ3n) is 7.76. The fourth-order valence-electron chi connectivity index (χ4n) is 5.67. The number of allylic oxidation sites excluding steroid dienone is 2. The Labute approximate surface area is 237 Å². The molecule has 2 N–H and O–H groups in total. The van der Waals surface area contributed by atoms with Crippen LogP contribution in [0.5, 0.6) is 5.75 Å². The van der Waals surface area contributed by atoms with Crippen molar-refractivity contribution in [3.63, 3.8) is 0 Å². The molecule has 1 spiro atoms. The molecule has 0 radical (unpaired) electrons. The van der Waals surface area contributed by atoms with E-state index in [0.29, 0.717) is 48.5 Å². The zero-order valence-electron chi connectivity index (χ0n) is 23.1. The molecule has 0 aliphatic carbocycles. The van der Waals surface area contributed by atoms with E-state index in [1.165, 1.54) is 11.3 Å². The number of thiophene rings is 1. The van der Waals surface area contributed by atoms with Gasteiger partial charge in [-0.05, 0) is 49.5 Å². The first-order valence-corrected chi connectivity index (χ1v) is 14.3. The van der Waals surface area contributed by atoms with Gasteiger partial charge in [0.15, 0.2) is 11.6 Å². The Balaban J connectivity index is 1.17. The first-order valence-electron chi connectivity index (χ1n) is 13.4. The summed E-state index contributed by atoms with van der Waals surface area (Å²) < 4.78 is 8.44. The molecule has 0 saturated carbocycles. The molecular weight excluding hydrogens is 526 g/mol. The van der Waals surface area contributed by atoms with Crippen LogP contribution in [0.1, 0.15) is 56.7 Å². The molecule has 10 nitrogen and oxygen atoms in total. The first kappa shape index (κ1) is 26.1. The molecule has 1 saturated heterocycles. The number of hydrogen-bond acceptors (Lipinski definition) is 8. The molecule has 0 bridgehead atoms. The summed E-state index contributed by atoms with van der Waals surface area (Å²) in [5.41, 5.74) is 4.57. The number of ether oxygens (including phenoxy) is 1. The Morgan fingerprint density at radius 3 is 2.75 bits per heavy atom. The molecule has 40 heavy (non-hydrogen) atoms. The predicted octanol–water partition coefficient (Wildman–Crippen LogP) is 3.66. The summed E-state index contributed by atoms with van der Waals surface area (Å²) in [6.07, 6.45) is 9.30. The van der Waals surface area contributed by atoms with Crippen molar-refractivity contribution in [3.8, 4) is 5.75 Å². The van der Waals surface area contributed by atoms with E-state index in [2.05, 4.69) is 15.8 Å². The fraction of sp³-hybridized carbons (Fsp3) is 0.379. The minimum atomic E-state index is -0.588. The van der Waals surface area contributed by atoms with Crippen molar-refractivity contribution >= 4 is 39.1 Å². The van der Waals surface area contributed by atoms with Crippen molar-refractivity contribution in [1.29, 1.82) is 0 Å². The van der Waals surface area contributed by atoms with Gasteiger partial charge in [-0.2, -0.15) is 10.2 Å². The van der Waals surface area contributed by atoms with E-state index in [9.17, 15) is 9.59 Å². The van der Waals surface area contributed by atoms with E-state index in [0.717, 1.165) is 27.3 Å².